The summed E-state index contributed by atoms with van der Waals surface area (Å²) in [7, 11) is 1.52. The molecule has 38 heavy (non-hydrogen) atoms. The second kappa shape index (κ2) is 10.4. The van der Waals surface area contributed by atoms with Crippen LogP contribution in [0.3, 0.4) is 0 Å². The van der Waals surface area contributed by atoms with E-state index < -0.39 is 11.7 Å². The fourth-order valence-electron chi connectivity index (χ4n) is 3.70. The van der Waals surface area contributed by atoms with Gasteiger partial charge in [0.1, 0.15) is 6.61 Å². The summed E-state index contributed by atoms with van der Waals surface area (Å²) in [6.07, 6.45) is -4.47. The molecule has 0 saturated heterocycles. The predicted molar refractivity (Wildman–Crippen MR) is 130 cm³/mol. The molecule has 4 aromatic rings. The SMILES string of the molecule is COCCOc1nc(-c2ccc(C(F)(F)F)cc2)n(-c2cccc(NC(=O)c3ccc4c(c3)OCO4)c2)n1. The minimum Gasteiger partial charge on any atom is -0.460 e. The summed E-state index contributed by atoms with van der Waals surface area (Å²) >= 11 is 0. The smallest absolute Gasteiger partial charge is 0.416 e. The fraction of sp³-hybridized carbons (Fsp3) is 0.192. The van der Waals surface area contributed by atoms with Crippen molar-refractivity contribution in [2.24, 2.45) is 0 Å². The molecule has 12 heteroatoms. The van der Waals surface area contributed by atoms with E-state index in [0.29, 0.717) is 40.6 Å². The topological polar surface area (TPSA) is 96.7 Å². The number of aromatic nitrogens is 3. The predicted octanol–water partition coefficient (Wildman–Crippen LogP) is 4.96. The lowest BCUT2D eigenvalue weighted by molar-refractivity contribution is -0.137. The van der Waals surface area contributed by atoms with Gasteiger partial charge in [0.05, 0.1) is 17.9 Å². The minimum atomic E-state index is -4.47. The summed E-state index contributed by atoms with van der Waals surface area (Å²) in [6.45, 7) is 0.572. The Morgan fingerprint density at radius 2 is 1.82 bits per heavy atom. The molecule has 3 aromatic carbocycles. The Hall–Kier alpha value is -4.58. The van der Waals surface area contributed by atoms with Crippen molar-refractivity contribution in [2.75, 3.05) is 32.4 Å². The zero-order valence-electron chi connectivity index (χ0n) is 20.0. The van der Waals surface area contributed by atoms with Crippen molar-refractivity contribution < 1.29 is 36.9 Å². The third kappa shape index (κ3) is 5.39. The lowest BCUT2D eigenvalue weighted by Crippen LogP contribution is -2.12. The van der Waals surface area contributed by atoms with E-state index in [2.05, 4.69) is 15.4 Å². The maximum absolute atomic E-state index is 13.1. The van der Waals surface area contributed by atoms with E-state index in [9.17, 15) is 18.0 Å². The normalized spacial score (nSPS) is 12.4. The molecule has 0 fully saturated rings. The highest BCUT2D eigenvalue weighted by molar-refractivity contribution is 6.04. The van der Waals surface area contributed by atoms with Crippen LogP contribution in [0.15, 0.2) is 66.7 Å². The van der Waals surface area contributed by atoms with Crippen LogP contribution in [0.4, 0.5) is 18.9 Å². The van der Waals surface area contributed by atoms with Crippen molar-refractivity contribution in [3.63, 3.8) is 0 Å². The first kappa shape index (κ1) is 25.1. The lowest BCUT2D eigenvalue weighted by atomic mass is 10.1. The van der Waals surface area contributed by atoms with E-state index in [1.807, 2.05) is 0 Å². The molecule has 0 saturated carbocycles. The maximum Gasteiger partial charge on any atom is 0.416 e. The molecule has 0 unspecified atom stereocenters. The number of halogens is 3. The van der Waals surface area contributed by atoms with Crippen LogP contribution in [0.25, 0.3) is 17.1 Å². The molecule has 0 atom stereocenters. The van der Waals surface area contributed by atoms with E-state index in [0.717, 1.165) is 12.1 Å². The highest BCUT2D eigenvalue weighted by atomic mass is 19.4. The van der Waals surface area contributed by atoms with Crippen LogP contribution in [0, 0.1) is 0 Å². The second-order valence-corrected chi connectivity index (χ2v) is 8.12. The van der Waals surface area contributed by atoms with Gasteiger partial charge < -0.3 is 24.3 Å². The summed E-state index contributed by atoms with van der Waals surface area (Å²) in [4.78, 5) is 17.2. The van der Waals surface area contributed by atoms with E-state index in [1.54, 1.807) is 42.5 Å². The number of hydrogen-bond acceptors (Lipinski definition) is 7. The Labute approximate surface area is 214 Å². The van der Waals surface area contributed by atoms with Gasteiger partial charge in [0, 0.05) is 23.9 Å². The van der Waals surface area contributed by atoms with Crippen LogP contribution in [0.1, 0.15) is 15.9 Å². The van der Waals surface area contributed by atoms with Crippen molar-refractivity contribution in [2.45, 2.75) is 6.18 Å². The molecule has 9 nitrogen and oxygen atoms in total. The summed E-state index contributed by atoms with van der Waals surface area (Å²) in [5.74, 6) is 0.932. The molecule has 2 heterocycles. The van der Waals surface area contributed by atoms with E-state index in [-0.39, 0.29) is 31.1 Å². The number of ether oxygens (including phenoxy) is 4. The summed E-state index contributed by atoms with van der Waals surface area (Å²) in [5, 5.41) is 7.20. The van der Waals surface area contributed by atoms with Crippen LogP contribution in [0.5, 0.6) is 17.5 Å². The number of fused-ring (bicyclic) bond motifs is 1. The molecule has 0 bridgehead atoms. The molecule has 1 aliphatic rings. The number of carbonyl (C=O) groups is 1. The zero-order valence-corrected chi connectivity index (χ0v) is 20.0. The van der Waals surface area contributed by atoms with E-state index >= 15 is 0 Å². The van der Waals surface area contributed by atoms with Gasteiger partial charge in [0.15, 0.2) is 17.3 Å². The van der Waals surface area contributed by atoms with Crippen molar-refractivity contribution in [1.29, 1.82) is 0 Å². The molecular formula is C26H21F3N4O5. The highest BCUT2D eigenvalue weighted by Gasteiger charge is 2.30. The van der Waals surface area contributed by atoms with Gasteiger partial charge in [-0.15, -0.1) is 5.10 Å². The molecule has 0 spiro atoms. The Kier molecular flexibility index (Phi) is 6.88. The average Bonchev–Trinajstić information content (AvgIpc) is 3.55. The van der Waals surface area contributed by atoms with Gasteiger partial charge in [-0.1, -0.05) is 18.2 Å². The standard InChI is InChI=1S/C26H21F3N4O5/c1-35-11-12-36-25-31-23(16-5-8-18(9-6-16)26(27,28)29)33(32-25)20-4-2-3-19(14-20)30-24(34)17-7-10-21-22(13-17)38-15-37-21/h2-10,13-14H,11-12,15H2,1H3,(H,30,34). The molecule has 196 valence electrons. The number of hydrogen-bond donors (Lipinski definition) is 1. The number of benzene rings is 3. The van der Waals surface area contributed by atoms with Gasteiger partial charge in [-0.25, -0.2) is 4.68 Å². The van der Waals surface area contributed by atoms with Crippen LogP contribution < -0.4 is 19.5 Å². The molecule has 1 N–H and O–H groups in total. The number of nitrogens with zero attached hydrogens (tertiary/aromatic N) is 3. The van der Waals surface area contributed by atoms with Gasteiger partial charge in [0.2, 0.25) is 6.79 Å². The zero-order chi connectivity index (χ0) is 26.7. The first-order chi connectivity index (χ1) is 18.3. The minimum absolute atomic E-state index is 0.0201. The summed E-state index contributed by atoms with van der Waals surface area (Å²) < 4.78 is 61.8. The molecule has 1 aromatic heterocycles. The van der Waals surface area contributed by atoms with Gasteiger partial charge in [-0.05, 0) is 48.5 Å². The largest absolute Gasteiger partial charge is 0.460 e. The van der Waals surface area contributed by atoms with Gasteiger partial charge in [-0.2, -0.15) is 18.2 Å². The number of anilines is 1. The van der Waals surface area contributed by atoms with Crippen LogP contribution in [-0.2, 0) is 10.9 Å². The quantitative estimate of drug-likeness (QED) is 0.324. The van der Waals surface area contributed by atoms with E-state index in [1.165, 1.54) is 23.9 Å². The second-order valence-electron chi connectivity index (χ2n) is 8.12. The Morgan fingerprint density at radius 3 is 2.58 bits per heavy atom. The Morgan fingerprint density at radius 1 is 1.03 bits per heavy atom. The molecule has 0 aliphatic carbocycles. The van der Waals surface area contributed by atoms with Crippen molar-refractivity contribution in [3.05, 3.63) is 77.9 Å². The average molecular weight is 526 g/mol. The highest BCUT2D eigenvalue weighted by Crippen LogP contribution is 2.33. The van der Waals surface area contributed by atoms with Gasteiger partial charge in [-0.3, -0.25) is 4.79 Å². The van der Waals surface area contributed by atoms with Crippen molar-refractivity contribution in [3.8, 4) is 34.6 Å². The number of carbonyl (C=O) groups excluding carboxylic acids is 1. The third-order valence-electron chi connectivity index (χ3n) is 5.56. The molecular weight excluding hydrogens is 505 g/mol. The number of alkyl halides is 3. The van der Waals surface area contributed by atoms with Gasteiger partial charge in [0.25, 0.3) is 5.91 Å². The number of nitrogens with one attached hydrogen (secondary N) is 1. The fourth-order valence-corrected chi connectivity index (χ4v) is 3.70. The molecule has 1 amide bonds. The Balaban J connectivity index is 1.44. The van der Waals surface area contributed by atoms with Crippen LogP contribution in [0.2, 0.25) is 0 Å². The van der Waals surface area contributed by atoms with Crippen LogP contribution in [-0.4, -0.2) is 47.8 Å². The molecule has 5 rings (SSSR count). The van der Waals surface area contributed by atoms with Crippen molar-refractivity contribution >= 4 is 11.6 Å². The van der Waals surface area contributed by atoms with Crippen LogP contribution >= 0.6 is 0 Å². The lowest BCUT2D eigenvalue weighted by Gasteiger charge is -2.10. The van der Waals surface area contributed by atoms with Crippen molar-refractivity contribution in [1.82, 2.24) is 14.8 Å². The first-order valence-corrected chi connectivity index (χ1v) is 11.4. The van der Waals surface area contributed by atoms with Gasteiger partial charge >= 0.3 is 12.2 Å². The monoisotopic (exact) mass is 526 g/mol. The summed E-state index contributed by atoms with van der Waals surface area (Å²) in [6, 6.07) is 16.2. The number of rotatable bonds is 8. The molecule has 0 radical (unpaired) electrons. The van der Waals surface area contributed by atoms with E-state index in [4.69, 9.17) is 18.9 Å². The third-order valence-corrected chi connectivity index (χ3v) is 5.56. The Bertz CT molecular complexity index is 1450. The number of methoxy groups -OCH3 is 1. The maximum atomic E-state index is 13.1. The summed E-state index contributed by atoms with van der Waals surface area (Å²) in [5.41, 5.74) is 0.942. The first-order valence-electron chi connectivity index (χ1n) is 11.4. The number of amides is 1. The molecule has 1 aliphatic heterocycles.